The van der Waals surface area contributed by atoms with Crippen molar-refractivity contribution < 1.29 is 13.9 Å². The molecule has 2 nitrogen and oxygen atoms in total. The molecule has 0 fully saturated rings. The van der Waals surface area contributed by atoms with Crippen molar-refractivity contribution >= 4 is 29.2 Å². The standard InChI is InChI=1S/C13H7Cl2FO2/c14-8-5-6-12(10(15)7-8)18-13(17)9-3-1-2-4-11(9)16/h1-7H. The van der Waals surface area contributed by atoms with Crippen LogP contribution in [-0.2, 0) is 0 Å². The Balaban J connectivity index is 2.24. The van der Waals surface area contributed by atoms with Gasteiger partial charge in [-0.15, -0.1) is 0 Å². The predicted molar refractivity (Wildman–Crippen MR) is 67.8 cm³/mol. The molecule has 0 amide bonds. The molecule has 0 aliphatic rings. The summed E-state index contributed by atoms with van der Waals surface area (Å²) in [5.74, 6) is -1.32. The molecule has 0 saturated carbocycles. The van der Waals surface area contributed by atoms with Gasteiger partial charge in [0.05, 0.1) is 10.6 Å². The van der Waals surface area contributed by atoms with Crippen molar-refractivity contribution in [3.05, 3.63) is 63.9 Å². The van der Waals surface area contributed by atoms with E-state index in [9.17, 15) is 9.18 Å². The summed E-state index contributed by atoms with van der Waals surface area (Å²) in [7, 11) is 0. The third-order valence-electron chi connectivity index (χ3n) is 2.19. The third kappa shape index (κ3) is 2.81. The lowest BCUT2D eigenvalue weighted by Gasteiger charge is -2.06. The van der Waals surface area contributed by atoms with Crippen molar-refractivity contribution in [1.29, 1.82) is 0 Å². The van der Waals surface area contributed by atoms with E-state index in [1.54, 1.807) is 6.07 Å². The van der Waals surface area contributed by atoms with Gasteiger partial charge in [-0.1, -0.05) is 35.3 Å². The van der Waals surface area contributed by atoms with Gasteiger partial charge in [-0.05, 0) is 30.3 Å². The molecule has 2 aromatic rings. The number of ether oxygens (including phenoxy) is 1. The van der Waals surface area contributed by atoms with E-state index >= 15 is 0 Å². The lowest BCUT2D eigenvalue weighted by Crippen LogP contribution is -2.10. The topological polar surface area (TPSA) is 26.3 Å². The molecular formula is C13H7Cl2FO2. The normalized spacial score (nSPS) is 10.2. The van der Waals surface area contributed by atoms with Crippen molar-refractivity contribution in [3.63, 3.8) is 0 Å². The summed E-state index contributed by atoms with van der Waals surface area (Å²) in [5, 5.41) is 0.609. The van der Waals surface area contributed by atoms with Crippen LogP contribution in [0.3, 0.4) is 0 Å². The number of hydrogen-bond donors (Lipinski definition) is 0. The van der Waals surface area contributed by atoms with Gasteiger partial charge in [0.15, 0.2) is 0 Å². The van der Waals surface area contributed by atoms with Gasteiger partial charge in [0.2, 0.25) is 0 Å². The first kappa shape index (κ1) is 12.9. The largest absolute Gasteiger partial charge is 0.421 e. The van der Waals surface area contributed by atoms with E-state index in [0.29, 0.717) is 5.02 Å². The fourth-order valence-corrected chi connectivity index (χ4v) is 1.79. The minimum atomic E-state index is -0.808. The number of benzene rings is 2. The molecule has 0 heterocycles. The van der Waals surface area contributed by atoms with E-state index in [0.717, 1.165) is 0 Å². The monoisotopic (exact) mass is 284 g/mol. The molecule has 92 valence electrons. The van der Waals surface area contributed by atoms with E-state index in [2.05, 4.69) is 0 Å². The zero-order valence-electron chi connectivity index (χ0n) is 8.99. The Morgan fingerprint density at radius 3 is 2.50 bits per heavy atom. The minimum absolute atomic E-state index is 0.134. The van der Waals surface area contributed by atoms with Gasteiger partial charge in [0.1, 0.15) is 11.6 Å². The summed E-state index contributed by atoms with van der Waals surface area (Å²) >= 11 is 11.6. The lowest BCUT2D eigenvalue weighted by molar-refractivity contribution is 0.0730. The molecule has 2 aromatic carbocycles. The Morgan fingerprint density at radius 1 is 1.11 bits per heavy atom. The predicted octanol–water partition coefficient (Wildman–Crippen LogP) is 4.35. The van der Waals surface area contributed by atoms with Crippen LogP contribution in [0.5, 0.6) is 5.75 Å². The first-order valence-corrected chi connectivity index (χ1v) is 5.75. The van der Waals surface area contributed by atoms with E-state index in [-0.39, 0.29) is 16.3 Å². The SMILES string of the molecule is O=C(Oc1ccc(Cl)cc1Cl)c1ccccc1F. The molecule has 0 aliphatic carbocycles. The highest BCUT2D eigenvalue weighted by molar-refractivity contribution is 6.35. The Morgan fingerprint density at radius 2 is 1.83 bits per heavy atom. The molecule has 5 heteroatoms. The summed E-state index contributed by atoms with van der Waals surface area (Å²) in [6, 6.07) is 9.96. The maximum Gasteiger partial charge on any atom is 0.346 e. The van der Waals surface area contributed by atoms with Crippen LogP contribution in [0.1, 0.15) is 10.4 Å². The summed E-state index contributed by atoms with van der Waals surface area (Å²) in [6.07, 6.45) is 0. The van der Waals surface area contributed by atoms with E-state index in [1.807, 2.05) is 0 Å². The molecule has 0 saturated heterocycles. The Bertz CT molecular complexity index is 599. The van der Waals surface area contributed by atoms with Gasteiger partial charge in [-0.25, -0.2) is 9.18 Å². The summed E-state index contributed by atoms with van der Waals surface area (Å²) in [6.45, 7) is 0. The average Bonchev–Trinajstić information content (AvgIpc) is 2.33. The lowest BCUT2D eigenvalue weighted by atomic mass is 10.2. The van der Waals surface area contributed by atoms with Crippen LogP contribution < -0.4 is 4.74 Å². The summed E-state index contributed by atoms with van der Waals surface area (Å²) in [5.41, 5.74) is -0.150. The fraction of sp³-hybridized carbons (Fsp3) is 0. The molecule has 18 heavy (non-hydrogen) atoms. The molecule has 0 unspecified atom stereocenters. The summed E-state index contributed by atoms with van der Waals surface area (Å²) in [4.78, 5) is 11.7. The highest BCUT2D eigenvalue weighted by Gasteiger charge is 2.14. The van der Waals surface area contributed by atoms with Gasteiger partial charge >= 0.3 is 5.97 Å². The van der Waals surface area contributed by atoms with Crippen LogP contribution in [0.25, 0.3) is 0 Å². The maximum absolute atomic E-state index is 13.4. The van der Waals surface area contributed by atoms with Crippen molar-refractivity contribution in [2.45, 2.75) is 0 Å². The summed E-state index contributed by atoms with van der Waals surface area (Å²) < 4.78 is 18.4. The number of carbonyl (C=O) groups is 1. The molecule has 0 N–H and O–H groups in total. The van der Waals surface area contributed by atoms with Crippen molar-refractivity contribution in [3.8, 4) is 5.75 Å². The van der Waals surface area contributed by atoms with Gasteiger partial charge < -0.3 is 4.74 Å². The van der Waals surface area contributed by atoms with Gasteiger partial charge in [0, 0.05) is 5.02 Å². The smallest absolute Gasteiger partial charge is 0.346 e. The van der Waals surface area contributed by atoms with E-state index in [4.69, 9.17) is 27.9 Å². The van der Waals surface area contributed by atoms with Gasteiger partial charge in [0.25, 0.3) is 0 Å². The quantitative estimate of drug-likeness (QED) is 0.605. The Labute approximate surface area is 113 Å². The van der Waals surface area contributed by atoms with Crippen LogP contribution in [0, 0.1) is 5.82 Å². The number of carbonyl (C=O) groups excluding carboxylic acids is 1. The molecular weight excluding hydrogens is 278 g/mol. The van der Waals surface area contributed by atoms with Gasteiger partial charge in [-0.3, -0.25) is 0 Å². The second-order valence-electron chi connectivity index (χ2n) is 3.44. The molecule has 0 aromatic heterocycles. The number of esters is 1. The third-order valence-corrected chi connectivity index (χ3v) is 2.72. The zero-order valence-corrected chi connectivity index (χ0v) is 10.5. The highest BCUT2D eigenvalue weighted by Crippen LogP contribution is 2.28. The van der Waals surface area contributed by atoms with E-state index < -0.39 is 11.8 Å². The highest BCUT2D eigenvalue weighted by atomic mass is 35.5. The fourth-order valence-electron chi connectivity index (χ4n) is 1.34. The second kappa shape index (κ2) is 5.38. The molecule has 0 aliphatic heterocycles. The van der Waals surface area contributed by atoms with Crippen LogP contribution in [0.4, 0.5) is 4.39 Å². The molecule has 0 radical (unpaired) electrons. The van der Waals surface area contributed by atoms with Crippen LogP contribution >= 0.6 is 23.2 Å². The van der Waals surface area contributed by atoms with E-state index in [1.165, 1.54) is 36.4 Å². The minimum Gasteiger partial charge on any atom is -0.421 e. The number of halogens is 3. The molecule has 0 bridgehead atoms. The first-order valence-electron chi connectivity index (χ1n) is 4.99. The average molecular weight is 285 g/mol. The Hall–Kier alpha value is -1.58. The molecule has 2 rings (SSSR count). The van der Waals surface area contributed by atoms with Crippen LogP contribution in [0.2, 0.25) is 10.0 Å². The molecule has 0 atom stereocenters. The Kier molecular flexibility index (Phi) is 3.84. The number of hydrogen-bond acceptors (Lipinski definition) is 2. The number of rotatable bonds is 2. The maximum atomic E-state index is 13.4. The van der Waals surface area contributed by atoms with Crippen molar-refractivity contribution in [1.82, 2.24) is 0 Å². The second-order valence-corrected chi connectivity index (χ2v) is 4.29. The van der Waals surface area contributed by atoms with Crippen LogP contribution in [-0.4, -0.2) is 5.97 Å². The van der Waals surface area contributed by atoms with Crippen molar-refractivity contribution in [2.24, 2.45) is 0 Å². The van der Waals surface area contributed by atoms with Crippen molar-refractivity contribution in [2.75, 3.05) is 0 Å². The zero-order chi connectivity index (χ0) is 13.1. The first-order chi connectivity index (χ1) is 8.58. The van der Waals surface area contributed by atoms with Crippen LogP contribution in [0.15, 0.2) is 42.5 Å². The molecule has 0 spiro atoms. The van der Waals surface area contributed by atoms with Gasteiger partial charge in [-0.2, -0.15) is 0 Å².